The van der Waals surface area contributed by atoms with Gasteiger partial charge in [-0.3, -0.25) is 5.32 Å². The van der Waals surface area contributed by atoms with E-state index in [1.807, 2.05) is 7.05 Å². The lowest BCUT2D eigenvalue weighted by Gasteiger charge is -2.22. The first-order valence-corrected chi connectivity index (χ1v) is 15.1. The Labute approximate surface area is 218 Å². The van der Waals surface area contributed by atoms with Crippen LogP contribution in [0.4, 0.5) is 10.5 Å². The number of hydrogen-bond donors (Lipinski definition) is 2. The first-order valence-electron chi connectivity index (χ1n) is 12.8. The molecule has 1 aliphatic heterocycles. The number of rotatable bonds is 7. The van der Waals surface area contributed by atoms with Gasteiger partial charge in [0.25, 0.3) is 0 Å². The average Bonchev–Trinajstić information content (AvgIpc) is 3.46. The third-order valence-corrected chi connectivity index (χ3v) is 9.77. The topological polar surface area (TPSA) is 101 Å². The van der Waals surface area contributed by atoms with Gasteiger partial charge in [0.2, 0.25) is 10.0 Å². The molecule has 4 rings (SSSR count). The monoisotopic (exact) mass is 534 g/mol. The number of amides is 1. The van der Waals surface area contributed by atoms with Gasteiger partial charge in [-0.25, -0.2) is 22.9 Å². The number of nitrogens with one attached hydrogen (secondary N) is 2. The third-order valence-electron chi connectivity index (χ3n) is 6.78. The molecular weight excluding hydrogens is 496 g/mol. The molecule has 2 aromatic rings. The molecule has 0 bridgehead atoms. The highest BCUT2D eigenvalue weighted by Crippen LogP contribution is 2.39. The number of aromatic nitrogens is 1. The van der Waals surface area contributed by atoms with E-state index in [0.29, 0.717) is 23.8 Å². The van der Waals surface area contributed by atoms with Crippen LogP contribution in [-0.4, -0.2) is 56.2 Å². The SMILES string of the molecule is CN1CCCC1COC(=O)Nc1ccc(-c2cnc(C3CCCCC3)s2)c(S(=O)(=O)NC(C)(C)C)c1. The number of likely N-dealkylation sites (tertiary alicyclic amines) is 1. The van der Waals surface area contributed by atoms with E-state index in [9.17, 15) is 13.2 Å². The highest BCUT2D eigenvalue weighted by molar-refractivity contribution is 7.89. The number of nitrogens with zero attached hydrogens (tertiary/aromatic N) is 2. The summed E-state index contributed by atoms with van der Waals surface area (Å²) >= 11 is 1.56. The zero-order chi connectivity index (χ0) is 25.9. The number of benzene rings is 1. The number of carbonyl (C=O) groups excluding carboxylic acids is 1. The largest absolute Gasteiger partial charge is 0.448 e. The Bertz CT molecular complexity index is 1170. The maximum atomic E-state index is 13.4. The van der Waals surface area contributed by atoms with Crippen LogP contribution in [0, 0.1) is 0 Å². The van der Waals surface area contributed by atoms with Gasteiger partial charge in [0.1, 0.15) is 6.61 Å². The number of anilines is 1. The summed E-state index contributed by atoms with van der Waals surface area (Å²) < 4.78 is 35.1. The van der Waals surface area contributed by atoms with Gasteiger partial charge >= 0.3 is 6.09 Å². The van der Waals surface area contributed by atoms with Crippen molar-refractivity contribution in [3.8, 4) is 10.4 Å². The summed E-state index contributed by atoms with van der Waals surface area (Å²) in [4.78, 5) is 20.2. The van der Waals surface area contributed by atoms with Gasteiger partial charge in [0.15, 0.2) is 0 Å². The summed E-state index contributed by atoms with van der Waals surface area (Å²) in [6.07, 6.45) is 9.23. The molecule has 10 heteroatoms. The van der Waals surface area contributed by atoms with E-state index in [1.165, 1.54) is 25.3 Å². The number of thiazole rings is 1. The zero-order valence-electron chi connectivity index (χ0n) is 21.7. The first kappa shape index (κ1) is 27.0. The molecule has 1 aromatic carbocycles. The van der Waals surface area contributed by atoms with Crippen LogP contribution in [-0.2, 0) is 14.8 Å². The fourth-order valence-electron chi connectivity index (χ4n) is 4.95. The number of hydrogen-bond acceptors (Lipinski definition) is 7. The normalized spacial score (nSPS) is 19.9. The fraction of sp³-hybridized carbons (Fsp3) is 0.615. The Hall–Kier alpha value is -2.01. The maximum Gasteiger partial charge on any atom is 0.411 e. The molecule has 1 aliphatic carbocycles. The van der Waals surface area contributed by atoms with E-state index < -0.39 is 21.7 Å². The third kappa shape index (κ3) is 6.85. The second-order valence-corrected chi connectivity index (χ2v) is 13.7. The molecule has 2 aliphatic rings. The molecule has 1 unspecified atom stereocenters. The molecule has 1 aromatic heterocycles. The number of ether oxygens (including phenoxy) is 1. The summed E-state index contributed by atoms with van der Waals surface area (Å²) in [5.74, 6) is 0.444. The van der Waals surface area contributed by atoms with Gasteiger partial charge in [0.05, 0.1) is 14.8 Å². The number of carbonyl (C=O) groups is 1. The summed E-state index contributed by atoms with van der Waals surface area (Å²) in [5, 5.41) is 3.78. The maximum absolute atomic E-state index is 13.4. The van der Waals surface area contributed by atoms with Crippen molar-refractivity contribution in [1.82, 2.24) is 14.6 Å². The Morgan fingerprint density at radius 3 is 2.58 bits per heavy atom. The Morgan fingerprint density at radius 1 is 1.17 bits per heavy atom. The standard InChI is InChI=1S/C26H38N4O4S2/c1-26(2,3)29-36(32,33)23-15-19(28-25(31)34-17-20-11-8-14-30(20)4)12-13-21(23)22-16-27-24(35-22)18-9-6-5-7-10-18/h12-13,15-16,18,20,29H,5-11,14,17H2,1-4H3,(H,28,31). The van der Waals surface area contributed by atoms with Crippen LogP contribution in [0.2, 0.25) is 0 Å². The molecule has 0 spiro atoms. The van der Waals surface area contributed by atoms with Gasteiger partial charge in [0, 0.05) is 34.9 Å². The van der Waals surface area contributed by atoms with Gasteiger partial charge in [-0.05, 0) is 72.2 Å². The van der Waals surface area contributed by atoms with E-state index in [0.717, 1.165) is 42.1 Å². The molecule has 0 radical (unpaired) electrons. The second-order valence-electron chi connectivity index (χ2n) is 11.0. The lowest BCUT2D eigenvalue weighted by Crippen LogP contribution is -2.40. The van der Waals surface area contributed by atoms with Gasteiger partial charge in [-0.2, -0.15) is 0 Å². The molecule has 1 saturated carbocycles. The second kappa shape index (κ2) is 11.2. The molecule has 2 heterocycles. The van der Waals surface area contributed by atoms with Gasteiger partial charge in [-0.1, -0.05) is 25.3 Å². The summed E-state index contributed by atoms with van der Waals surface area (Å²) in [7, 11) is -1.85. The van der Waals surface area contributed by atoms with Crippen molar-refractivity contribution in [2.24, 2.45) is 0 Å². The van der Waals surface area contributed by atoms with Gasteiger partial charge in [-0.15, -0.1) is 11.3 Å². The first-order chi connectivity index (χ1) is 17.0. The molecule has 36 heavy (non-hydrogen) atoms. The molecule has 1 atom stereocenters. The summed E-state index contributed by atoms with van der Waals surface area (Å²) in [5.41, 5.74) is 0.292. The Morgan fingerprint density at radius 2 is 1.92 bits per heavy atom. The van der Waals surface area contributed by atoms with Gasteiger partial charge < -0.3 is 9.64 Å². The van der Waals surface area contributed by atoms with Crippen molar-refractivity contribution in [3.05, 3.63) is 29.4 Å². The lowest BCUT2D eigenvalue weighted by atomic mass is 9.90. The minimum absolute atomic E-state index is 0.115. The quantitative estimate of drug-likeness (QED) is 0.481. The van der Waals surface area contributed by atoms with E-state index in [4.69, 9.17) is 4.74 Å². The Balaban J connectivity index is 1.58. The number of likely N-dealkylation sites (N-methyl/N-ethyl adjacent to an activating group) is 1. The van der Waals surface area contributed by atoms with E-state index in [1.54, 1.807) is 50.4 Å². The molecule has 2 N–H and O–H groups in total. The van der Waals surface area contributed by atoms with E-state index >= 15 is 0 Å². The van der Waals surface area contributed by atoms with E-state index in [2.05, 4.69) is 19.9 Å². The van der Waals surface area contributed by atoms with Crippen LogP contribution in [0.3, 0.4) is 0 Å². The average molecular weight is 535 g/mol. The Kier molecular flexibility index (Phi) is 8.38. The van der Waals surface area contributed by atoms with Crippen LogP contribution in [0.25, 0.3) is 10.4 Å². The highest BCUT2D eigenvalue weighted by atomic mass is 32.2. The van der Waals surface area contributed by atoms with Crippen LogP contribution in [0.15, 0.2) is 29.3 Å². The molecule has 1 saturated heterocycles. The minimum Gasteiger partial charge on any atom is -0.448 e. The van der Waals surface area contributed by atoms with Crippen LogP contribution in [0.1, 0.15) is 76.6 Å². The van der Waals surface area contributed by atoms with Crippen molar-refractivity contribution < 1.29 is 17.9 Å². The summed E-state index contributed by atoms with van der Waals surface area (Å²) in [6.45, 7) is 6.72. The molecule has 8 nitrogen and oxygen atoms in total. The van der Waals surface area contributed by atoms with Crippen LogP contribution in [0.5, 0.6) is 0 Å². The molecular formula is C26H38N4O4S2. The van der Waals surface area contributed by atoms with E-state index in [-0.39, 0.29) is 10.9 Å². The van der Waals surface area contributed by atoms with Crippen LogP contribution >= 0.6 is 11.3 Å². The zero-order valence-corrected chi connectivity index (χ0v) is 23.3. The van der Waals surface area contributed by atoms with Crippen LogP contribution < -0.4 is 10.0 Å². The lowest BCUT2D eigenvalue weighted by molar-refractivity contribution is 0.127. The van der Waals surface area contributed by atoms with Crippen molar-refractivity contribution in [3.63, 3.8) is 0 Å². The molecule has 2 fully saturated rings. The van der Waals surface area contributed by atoms with Crippen molar-refractivity contribution >= 4 is 33.1 Å². The predicted octanol–water partition coefficient (Wildman–Crippen LogP) is 5.58. The van der Waals surface area contributed by atoms with Crippen molar-refractivity contribution in [2.45, 2.75) is 88.1 Å². The highest BCUT2D eigenvalue weighted by Gasteiger charge is 2.28. The molecule has 198 valence electrons. The summed E-state index contributed by atoms with van der Waals surface area (Å²) in [6, 6.07) is 5.19. The number of sulfonamides is 1. The minimum atomic E-state index is -3.87. The van der Waals surface area contributed by atoms with Crippen molar-refractivity contribution in [1.29, 1.82) is 0 Å². The fourth-order valence-corrected chi connectivity index (χ4v) is 7.81. The molecule has 1 amide bonds. The predicted molar refractivity (Wildman–Crippen MR) is 144 cm³/mol. The smallest absolute Gasteiger partial charge is 0.411 e. The van der Waals surface area contributed by atoms with Crippen molar-refractivity contribution in [2.75, 3.05) is 25.5 Å².